The highest BCUT2D eigenvalue weighted by molar-refractivity contribution is 5.96. The maximum absolute atomic E-state index is 13.1. The third-order valence-electron chi connectivity index (χ3n) is 12.8. The minimum Gasteiger partial charge on any atom is -0.392 e. The maximum atomic E-state index is 13.1. The van der Waals surface area contributed by atoms with Crippen LogP contribution < -0.4 is 10.6 Å². The van der Waals surface area contributed by atoms with Crippen LogP contribution in [0, 0.1) is 0 Å². The molecule has 6 N–H and O–H groups in total. The van der Waals surface area contributed by atoms with Gasteiger partial charge in [0.2, 0.25) is 11.8 Å². The Balaban J connectivity index is 2.47. The summed E-state index contributed by atoms with van der Waals surface area (Å²) in [6.07, 6.45) is 34.7. The predicted molar refractivity (Wildman–Crippen MR) is 256 cm³/mol. The van der Waals surface area contributed by atoms with Gasteiger partial charge < -0.3 is 31.1 Å². The van der Waals surface area contributed by atoms with Crippen LogP contribution in [0.1, 0.15) is 240 Å². The van der Waals surface area contributed by atoms with E-state index in [0.717, 1.165) is 96.6 Å². The van der Waals surface area contributed by atoms with Crippen LogP contribution >= 0.6 is 0 Å². The predicted octanol–water partition coefficient (Wildman–Crippen LogP) is 9.97. The van der Waals surface area contributed by atoms with Crippen LogP contribution in [-0.2, 0) is 9.59 Å². The molecule has 10 heteroatoms. The van der Waals surface area contributed by atoms with Gasteiger partial charge in [-0.15, -0.1) is 0 Å². The first kappa shape index (κ1) is 57.7. The van der Waals surface area contributed by atoms with Gasteiger partial charge >= 0.3 is 0 Å². The van der Waals surface area contributed by atoms with E-state index in [9.17, 15) is 30.0 Å². The number of aliphatic hydroxyl groups excluding tert-OH is 4. The number of carbonyl (C=O) groups is 2. The van der Waals surface area contributed by atoms with Crippen molar-refractivity contribution in [1.82, 2.24) is 20.4 Å². The minimum absolute atomic E-state index is 0.122. The first-order valence-electron chi connectivity index (χ1n) is 26.4. The fourth-order valence-electron chi connectivity index (χ4n) is 9.05. The van der Waals surface area contributed by atoms with Crippen LogP contribution in [0.25, 0.3) is 0 Å². The molecular formula is C51H102N4O6. The lowest BCUT2D eigenvalue weighted by Gasteiger charge is -2.31. The Hall–Kier alpha value is -1.30. The molecule has 0 unspecified atom stereocenters. The van der Waals surface area contributed by atoms with Crippen LogP contribution in [0.5, 0.6) is 0 Å². The van der Waals surface area contributed by atoms with Gasteiger partial charge in [0.1, 0.15) is 12.1 Å². The summed E-state index contributed by atoms with van der Waals surface area (Å²) in [6.45, 7) is 12.2. The van der Waals surface area contributed by atoms with E-state index < -0.39 is 36.5 Å². The summed E-state index contributed by atoms with van der Waals surface area (Å²) in [5.41, 5.74) is 0. The topological polar surface area (TPSA) is 146 Å². The Labute approximate surface area is 376 Å². The smallest absolute Gasteiger partial charge is 0.243 e. The lowest BCUT2D eigenvalue weighted by atomic mass is 10.0. The highest BCUT2D eigenvalue weighted by Crippen LogP contribution is 2.17. The first-order valence-corrected chi connectivity index (χ1v) is 26.4. The van der Waals surface area contributed by atoms with Crippen LogP contribution in [0.3, 0.4) is 0 Å². The Kier molecular flexibility index (Phi) is 38.1. The molecule has 61 heavy (non-hydrogen) atoms. The van der Waals surface area contributed by atoms with Gasteiger partial charge in [0.15, 0.2) is 0 Å². The molecule has 0 spiro atoms. The number of nitrogens with zero attached hydrogens (tertiary/aromatic N) is 2. The van der Waals surface area contributed by atoms with Crippen molar-refractivity contribution in [3.8, 4) is 0 Å². The van der Waals surface area contributed by atoms with E-state index >= 15 is 0 Å². The summed E-state index contributed by atoms with van der Waals surface area (Å²) in [5.74, 6) is -0.246. The van der Waals surface area contributed by atoms with Gasteiger partial charge in [-0.2, -0.15) is 0 Å². The number of hydrogen-bond donors (Lipinski definition) is 6. The largest absolute Gasteiger partial charge is 0.392 e. The average Bonchev–Trinajstić information content (AvgIpc) is 3.22. The van der Waals surface area contributed by atoms with Gasteiger partial charge in [-0.1, -0.05) is 175 Å². The molecular weight excluding hydrogens is 765 g/mol. The van der Waals surface area contributed by atoms with Crippen molar-refractivity contribution in [3.05, 3.63) is 0 Å². The van der Waals surface area contributed by atoms with Gasteiger partial charge in [-0.3, -0.25) is 19.4 Å². The normalized spacial score (nSPS) is 17.8. The number of carbonyl (C=O) groups excluding carboxylic acids is 2. The SMILES string of the molecule is CCCCCCCCCC[C@@H](O)CN(CCCC[C@H]1NC(=O)[C@@H](CCCCN(C[C@@H](O)CCCCCCCCCC)C[C@H](C)O)NC1=O)C[C@H](O)CCCCCCCCCC. The summed E-state index contributed by atoms with van der Waals surface area (Å²) < 4.78 is 0. The number of aliphatic hydroxyl groups is 4. The van der Waals surface area contributed by atoms with E-state index in [1.807, 2.05) is 0 Å². The molecule has 362 valence electrons. The van der Waals surface area contributed by atoms with Crippen molar-refractivity contribution in [3.63, 3.8) is 0 Å². The third-order valence-corrected chi connectivity index (χ3v) is 12.8. The van der Waals surface area contributed by atoms with Gasteiger partial charge in [-0.25, -0.2) is 0 Å². The van der Waals surface area contributed by atoms with Gasteiger partial charge in [0.25, 0.3) is 0 Å². The van der Waals surface area contributed by atoms with E-state index in [1.165, 1.54) is 116 Å². The summed E-state index contributed by atoms with van der Waals surface area (Å²) >= 11 is 0. The second kappa shape index (κ2) is 40.2. The van der Waals surface area contributed by atoms with Gasteiger partial charge in [0.05, 0.1) is 24.4 Å². The van der Waals surface area contributed by atoms with E-state index in [-0.39, 0.29) is 11.8 Å². The van der Waals surface area contributed by atoms with Crippen molar-refractivity contribution in [2.24, 2.45) is 0 Å². The molecule has 0 aromatic carbocycles. The molecule has 1 heterocycles. The van der Waals surface area contributed by atoms with Crippen molar-refractivity contribution in [2.75, 3.05) is 39.3 Å². The molecule has 0 aromatic rings. The van der Waals surface area contributed by atoms with E-state index in [2.05, 4.69) is 41.2 Å². The number of amides is 2. The summed E-state index contributed by atoms with van der Waals surface area (Å²) in [7, 11) is 0. The maximum Gasteiger partial charge on any atom is 0.243 e. The van der Waals surface area contributed by atoms with Crippen LogP contribution in [-0.4, -0.2) is 118 Å². The minimum atomic E-state index is -0.540. The summed E-state index contributed by atoms with van der Waals surface area (Å²) in [4.78, 5) is 30.5. The standard InChI is InChI=1S/C51H102N4O6/c1-5-8-11-14-17-20-23-26-33-45(57)41-54(40-44(4)56)38-31-29-36-48-50(60)53-49(51(61)52-48)37-30-32-39-55(42-46(58)34-27-24-21-18-15-12-9-6-2)43-47(59)35-28-25-22-19-16-13-10-7-3/h44-49,56-59H,5-43H2,1-4H3,(H,52,61)(H,53,60)/t44-,45-,46+,47+,48+,49+/m0/s1. The second-order valence-electron chi connectivity index (χ2n) is 19.2. The molecule has 6 atom stereocenters. The molecule has 2 amide bonds. The van der Waals surface area contributed by atoms with Gasteiger partial charge in [-0.05, 0) is 77.8 Å². The molecule has 1 fully saturated rings. The van der Waals surface area contributed by atoms with E-state index in [0.29, 0.717) is 39.0 Å². The molecule has 0 saturated carbocycles. The quantitative estimate of drug-likeness (QED) is 0.0332. The fourth-order valence-corrected chi connectivity index (χ4v) is 9.05. The molecule has 1 aliphatic heterocycles. The Bertz CT molecular complexity index is 976. The molecule has 0 aromatic heterocycles. The lowest BCUT2D eigenvalue weighted by molar-refractivity contribution is -0.137. The van der Waals surface area contributed by atoms with Crippen molar-refractivity contribution in [1.29, 1.82) is 0 Å². The molecule has 0 bridgehead atoms. The zero-order valence-electron chi connectivity index (χ0n) is 40.5. The fraction of sp³-hybridized carbons (Fsp3) is 0.961. The summed E-state index contributed by atoms with van der Waals surface area (Å²) in [5, 5.41) is 48.7. The monoisotopic (exact) mass is 867 g/mol. The number of hydrogen-bond acceptors (Lipinski definition) is 8. The zero-order valence-corrected chi connectivity index (χ0v) is 40.5. The molecule has 1 rings (SSSR count). The Morgan fingerprint density at radius 2 is 0.689 bits per heavy atom. The number of unbranched alkanes of at least 4 members (excludes halogenated alkanes) is 23. The zero-order chi connectivity index (χ0) is 44.8. The van der Waals surface area contributed by atoms with Crippen LogP contribution in [0.15, 0.2) is 0 Å². The average molecular weight is 867 g/mol. The van der Waals surface area contributed by atoms with E-state index in [4.69, 9.17) is 0 Å². The van der Waals surface area contributed by atoms with Crippen LogP contribution in [0.2, 0.25) is 0 Å². The molecule has 1 saturated heterocycles. The van der Waals surface area contributed by atoms with Crippen molar-refractivity contribution >= 4 is 11.8 Å². The molecule has 10 nitrogen and oxygen atoms in total. The van der Waals surface area contributed by atoms with Crippen molar-refractivity contribution in [2.45, 2.75) is 276 Å². The number of piperazine rings is 1. The van der Waals surface area contributed by atoms with Crippen molar-refractivity contribution < 1.29 is 30.0 Å². The third kappa shape index (κ3) is 33.8. The van der Waals surface area contributed by atoms with E-state index in [1.54, 1.807) is 6.92 Å². The second-order valence-corrected chi connectivity index (χ2v) is 19.2. The highest BCUT2D eigenvalue weighted by atomic mass is 16.3. The Morgan fingerprint density at radius 1 is 0.410 bits per heavy atom. The number of nitrogens with one attached hydrogen (secondary N) is 2. The molecule has 1 aliphatic rings. The Morgan fingerprint density at radius 3 is 0.984 bits per heavy atom. The lowest BCUT2D eigenvalue weighted by Crippen LogP contribution is -2.61. The highest BCUT2D eigenvalue weighted by Gasteiger charge is 2.33. The number of rotatable bonds is 45. The van der Waals surface area contributed by atoms with Gasteiger partial charge in [0, 0.05) is 26.2 Å². The molecule has 0 radical (unpaired) electrons. The first-order chi connectivity index (χ1) is 29.6. The summed E-state index contributed by atoms with van der Waals surface area (Å²) in [6, 6.07) is -1.08. The molecule has 0 aliphatic carbocycles. The van der Waals surface area contributed by atoms with Crippen LogP contribution in [0.4, 0.5) is 0 Å².